The van der Waals surface area contributed by atoms with Crippen LogP contribution in [-0.2, 0) is 10.0 Å². The molecule has 0 saturated carbocycles. The first kappa shape index (κ1) is 13.8. The molecule has 0 aliphatic heterocycles. The third kappa shape index (κ3) is 3.24. The molecule has 0 aliphatic rings. The number of nitrogens with one attached hydrogen (secondary N) is 1. The Hall–Kier alpha value is -1.59. The van der Waals surface area contributed by atoms with Crippen LogP contribution in [0.3, 0.4) is 0 Å². The lowest BCUT2D eigenvalue weighted by Gasteiger charge is -2.09. The Balaban J connectivity index is 2.33. The average Bonchev–Trinajstić information content (AvgIpc) is 2.33. The van der Waals surface area contributed by atoms with E-state index in [2.05, 4.69) is 4.72 Å². The topological polar surface area (TPSA) is 46.2 Å². The molecule has 100 valence electrons. The van der Waals surface area contributed by atoms with Crippen LogP contribution in [0.2, 0.25) is 5.02 Å². The predicted octanol–water partition coefficient (Wildman–Crippen LogP) is 3.59. The maximum Gasteiger partial charge on any atom is 0.261 e. The lowest BCUT2D eigenvalue weighted by atomic mass is 10.2. The fraction of sp³-hybridized carbons (Fsp3) is 0.0769. The molecule has 1 N–H and O–H groups in total. The van der Waals surface area contributed by atoms with Gasteiger partial charge in [-0.05, 0) is 42.8 Å². The van der Waals surface area contributed by atoms with Crippen molar-refractivity contribution < 1.29 is 12.8 Å². The van der Waals surface area contributed by atoms with Crippen LogP contribution in [-0.4, -0.2) is 8.42 Å². The monoisotopic (exact) mass is 299 g/mol. The van der Waals surface area contributed by atoms with Crippen LogP contribution in [0.5, 0.6) is 0 Å². The van der Waals surface area contributed by atoms with E-state index in [1.165, 1.54) is 18.2 Å². The molecule has 0 aliphatic carbocycles. The molecular formula is C13H11ClFNO2S. The van der Waals surface area contributed by atoms with Gasteiger partial charge in [0.25, 0.3) is 10.0 Å². The number of sulfonamides is 1. The predicted molar refractivity (Wildman–Crippen MR) is 73.4 cm³/mol. The standard InChI is InChI=1S/C13H11ClFNO2S/c1-9-3-2-4-11(7-9)19(17,18)16-10-5-6-13(15)12(14)8-10/h2-8,16H,1H3. The molecule has 0 unspecified atom stereocenters. The Labute approximate surface area is 116 Å². The molecule has 19 heavy (non-hydrogen) atoms. The van der Waals surface area contributed by atoms with Crippen LogP contribution in [0.25, 0.3) is 0 Å². The minimum atomic E-state index is -3.70. The molecule has 0 atom stereocenters. The summed E-state index contributed by atoms with van der Waals surface area (Å²) in [5.41, 5.74) is 1.05. The molecule has 6 heteroatoms. The highest BCUT2D eigenvalue weighted by Gasteiger charge is 2.14. The summed E-state index contributed by atoms with van der Waals surface area (Å²) in [6.07, 6.45) is 0. The number of anilines is 1. The first-order valence-corrected chi connectivity index (χ1v) is 7.29. The van der Waals surface area contributed by atoms with E-state index in [1.807, 2.05) is 0 Å². The van der Waals surface area contributed by atoms with Crippen molar-refractivity contribution >= 4 is 27.3 Å². The zero-order valence-electron chi connectivity index (χ0n) is 10.0. The smallest absolute Gasteiger partial charge is 0.261 e. The fourth-order valence-electron chi connectivity index (χ4n) is 1.56. The molecule has 0 amide bonds. The van der Waals surface area contributed by atoms with Gasteiger partial charge in [0, 0.05) is 0 Å². The van der Waals surface area contributed by atoms with E-state index in [0.29, 0.717) is 0 Å². The molecule has 0 aromatic heterocycles. The number of halogens is 2. The van der Waals surface area contributed by atoms with Gasteiger partial charge in [-0.3, -0.25) is 4.72 Å². The van der Waals surface area contributed by atoms with Crippen LogP contribution < -0.4 is 4.72 Å². The summed E-state index contributed by atoms with van der Waals surface area (Å²) in [4.78, 5) is 0.146. The first-order chi connectivity index (χ1) is 8.88. The molecule has 3 nitrogen and oxygen atoms in total. The molecule has 2 aromatic rings. The van der Waals surface area contributed by atoms with Crippen molar-refractivity contribution in [1.29, 1.82) is 0 Å². The minimum absolute atomic E-state index is 0.135. The number of rotatable bonds is 3. The lowest BCUT2D eigenvalue weighted by molar-refractivity contribution is 0.601. The largest absolute Gasteiger partial charge is 0.280 e. The Bertz CT molecular complexity index is 716. The second kappa shape index (κ2) is 5.19. The normalized spacial score (nSPS) is 11.3. The summed E-state index contributed by atoms with van der Waals surface area (Å²) in [6.45, 7) is 1.80. The van der Waals surface area contributed by atoms with Crippen molar-refractivity contribution in [2.75, 3.05) is 4.72 Å². The Morgan fingerprint density at radius 3 is 2.53 bits per heavy atom. The zero-order chi connectivity index (χ0) is 14.0. The van der Waals surface area contributed by atoms with Crippen molar-refractivity contribution in [3.05, 3.63) is 58.9 Å². The van der Waals surface area contributed by atoms with Crippen LogP contribution in [0.4, 0.5) is 10.1 Å². The van der Waals surface area contributed by atoms with Crippen LogP contribution >= 0.6 is 11.6 Å². The molecule has 0 fully saturated rings. The molecule has 0 bridgehead atoms. The molecule has 2 aromatic carbocycles. The van der Waals surface area contributed by atoms with E-state index in [0.717, 1.165) is 11.6 Å². The van der Waals surface area contributed by atoms with Gasteiger partial charge in [-0.15, -0.1) is 0 Å². The van der Waals surface area contributed by atoms with E-state index in [1.54, 1.807) is 25.1 Å². The van der Waals surface area contributed by atoms with E-state index in [9.17, 15) is 12.8 Å². The third-order valence-electron chi connectivity index (χ3n) is 2.47. The van der Waals surface area contributed by atoms with Gasteiger partial charge in [0.05, 0.1) is 15.6 Å². The molecule has 0 radical (unpaired) electrons. The van der Waals surface area contributed by atoms with Crippen molar-refractivity contribution in [2.45, 2.75) is 11.8 Å². The summed E-state index contributed by atoms with van der Waals surface area (Å²) >= 11 is 5.60. The zero-order valence-corrected chi connectivity index (χ0v) is 11.6. The lowest BCUT2D eigenvalue weighted by Crippen LogP contribution is -2.13. The molecule has 0 heterocycles. The van der Waals surface area contributed by atoms with Crippen molar-refractivity contribution in [1.82, 2.24) is 0 Å². The quantitative estimate of drug-likeness (QED) is 0.941. The third-order valence-corrected chi connectivity index (χ3v) is 4.14. The molecule has 0 spiro atoms. The van der Waals surface area contributed by atoms with E-state index < -0.39 is 15.8 Å². The van der Waals surface area contributed by atoms with Gasteiger partial charge in [0.1, 0.15) is 5.82 Å². The van der Waals surface area contributed by atoms with Crippen LogP contribution in [0.1, 0.15) is 5.56 Å². The van der Waals surface area contributed by atoms with Crippen molar-refractivity contribution in [3.63, 3.8) is 0 Å². The van der Waals surface area contributed by atoms with E-state index in [-0.39, 0.29) is 15.6 Å². The van der Waals surface area contributed by atoms with Gasteiger partial charge >= 0.3 is 0 Å². The summed E-state index contributed by atoms with van der Waals surface area (Å²) in [5, 5.41) is -0.135. The second-order valence-corrected chi connectivity index (χ2v) is 6.14. The Kier molecular flexibility index (Phi) is 3.78. The summed E-state index contributed by atoms with van der Waals surface area (Å²) < 4.78 is 39.6. The maximum absolute atomic E-state index is 13.0. The second-order valence-electron chi connectivity index (χ2n) is 4.05. The average molecular weight is 300 g/mol. The van der Waals surface area contributed by atoms with Gasteiger partial charge < -0.3 is 0 Å². The Morgan fingerprint density at radius 2 is 1.89 bits per heavy atom. The molecule has 2 rings (SSSR count). The molecule has 0 saturated heterocycles. The summed E-state index contributed by atoms with van der Waals surface area (Å²) in [7, 11) is -3.70. The highest BCUT2D eigenvalue weighted by molar-refractivity contribution is 7.92. The number of benzene rings is 2. The van der Waals surface area contributed by atoms with Gasteiger partial charge in [-0.1, -0.05) is 23.7 Å². The minimum Gasteiger partial charge on any atom is -0.280 e. The van der Waals surface area contributed by atoms with E-state index in [4.69, 9.17) is 11.6 Å². The highest BCUT2D eigenvalue weighted by atomic mass is 35.5. The van der Waals surface area contributed by atoms with Gasteiger partial charge in [0.15, 0.2) is 0 Å². The Morgan fingerprint density at radius 1 is 1.16 bits per heavy atom. The van der Waals surface area contributed by atoms with Gasteiger partial charge in [-0.25, -0.2) is 12.8 Å². The number of hydrogen-bond acceptors (Lipinski definition) is 2. The van der Waals surface area contributed by atoms with Gasteiger partial charge in [-0.2, -0.15) is 0 Å². The molecular weight excluding hydrogens is 289 g/mol. The van der Waals surface area contributed by atoms with Crippen LogP contribution in [0.15, 0.2) is 47.4 Å². The maximum atomic E-state index is 13.0. The van der Waals surface area contributed by atoms with Crippen LogP contribution in [0, 0.1) is 12.7 Å². The van der Waals surface area contributed by atoms with Gasteiger partial charge in [0.2, 0.25) is 0 Å². The highest BCUT2D eigenvalue weighted by Crippen LogP contribution is 2.22. The SMILES string of the molecule is Cc1cccc(S(=O)(=O)Nc2ccc(F)c(Cl)c2)c1. The number of hydrogen-bond donors (Lipinski definition) is 1. The summed E-state index contributed by atoms with van der Waals surface area (Å²) in [5.74, 6) is -0.597. The first-order valence-electron chi connectivity index (χ1n) is 5.43. The van der Waals surface area contributed by atoms with Crippen molar-refractivity contribution in [3.8, 4) is 0 Å². The van der Waals surface area contributed by atoms with Crippen molar-refractivity contribution in [2.24, 2.45) is 0 Å². The number of aryl methyl sites for hydroxylation is 1. The van der Waals surface area contributed by atoms with E-state index >= 15 is 0 Å². The summed E-state index contributed by atoms with van der Waals surface area (Å²) in [6, 6.07) is 10.1. The fourth-order valence-corrected chi connectivity index (χ4v) is 2.89.